The van der Waals surface area contributed by atoms with Crippen LogP contribution in [-0.2, 0) is 4.89 Å². The zero-order valence-electron chi connectivity index (χ0n) is 4.85. The summed E-state index contributed by atoms with van der Waals surface area (Å²) in [7, 11) is 0. The van der Waals surface area contributed by atoms with Gasteiger partial charge in [-0.1, -0.05) is 20.3 Å². The number of hydrogen-bond donors (Lipinski definition) is 1. The molecule has 0 aliphatic carbocycles. The molecule has 2 heteroatoms. The normalized spacial score (nSPS) is 14.1. The average molecular weight is 104 g/mol. The fraction of sp³-hybridized carbons (Fsp3) is 1.00. The summed E-state index contributed by atoms with van der Waals surface area (Å²) in [4.78, 5) is 3.89. The van der Waals surface area contributed by atoms with Crippen molar-refractivity contribution < 1.29 is 10.1 Å². The van der Waals surface area contributed by atoms with E-state index >= 15 is 0 Å². The van der Waals surface area contributed by atoms with Crippen LogP contribution in [-0.4, -0.2) is 11.9 Å². The molecule has 0 aliphatic heterocycles. The van der Waals surface area contributed by atoms with Crippen LogP contribution in [0.1, 0.15) is 20.3 Å². The maximum Gasteiger partial charge on any atom is 0.0845 e. The van der Waals surface area contributed by atoms with Gasteiger partial charge in [0.15, 0.2) is 0 Å². The second-order valence-electron chi connectivity index (χ2n) is 1.81. The highest BCUT2D eigenvalue weighted by Crippen LogP contribution is 1.98. The van der Waals surface area contributed by atoms with Gasteiger partial charge in [-0.3, -0.25) is 5.26 Å². The van der Waals surface area contributed by atoms with E-state index < -0.39 is 0 Å². The first-order valence-corrected chi connectivity index (χ1v) is 2.57. The maximum atomic E-state index is 7.87. The third kappa shape index (κ3) is 3.76. The third-order valence-electron chi connectivity index (χ3n) is 1.06. The highest BCUT2D eigenvalue weighted by atomic mass is 17.1. The Balaban J connectivity index is 2.83. The van der Waals surface area contributed by atoms with Crippen molar-refractivity contribution in [3.63, 3.8) is 0 Å². The molecule has 0 rings (SSSR count). The van der Waals surface area contributed by atoms with Crippen LogP contribution in [0.2, 0.25) is 0 Å². The molecular formula is C5H12O2. The van der Waals surface area contributed by atoms with Crippen LogP contribution in [0.25, 0.3) is 0 Å². The Morgan fingerprint density at radius 2 is 2.29 bits per heavy atom. The van der Waals surface area contributed by atoms with E-state index in [1.807, 2.05) is 6.92 Å². The van der Waals surface area contributed by atoms with E-state index in [1.165, 1.54) is 0 Å². The molecule has 1 atom stereocenters. The van der Waals surface area contributed by atoms with E-state index in [1.54, 1.807) is 0 Å². The Kier molecular flexibility index (Phi) is 4.04. The first-order chi connectivity index (χ1) is 3.31. The number of rotatable bonds is 3. The van der Waals surface area contributed by atoms with Crippen LogP contribution in [0.4, 0.5) is 0 Å². The molecule has 2 nitrogen and oxygen atoms in total. The van der Waals surface area contributed by atoms with Crippen LogP contribution < -0.4 is 0 Å². The van der Waals surface area contributed by atoms with E-state index in [-0.39, 0.29) is 0 Å². The summed E-state index contributed by atoms with van der Waals surface area (Å²) in [5, 5.41) is 7.87. The Hall–Kier alpha value is -0.0800. The average Bonchev–Trinajstić information content (AvgIpc) is 1.68. The highest BCUT2D eigenvalue weighted by molar-refractivity contribution is 4.42. The van der Waals surface area contributed by atoms with Crippen LogP contribution in [0.5, 0.6) is 0 Å². The summed E-state index contributed by atoms with van der Waals surface area (Å²) in [6.45, 7) is 4.54. The minimum Gasteiger partial charge on any atom is -0.252 e. The molecule has 0 spiro atoms. The quantitative estimate of drug-likeness (QED) is 0.434. The fourth-order valence-electron chi connectivity index (χ4n) is 0.245. The molecule has 7 heavy (non-hydrogen) atoms. The molecule has 1 unspecified atom stereocenters. The lowest BCUT2D eigenvalue weighted by molar-refractivity contribution is -0.250. The van der Waals surface area contributed by atoms with Gasteiger partial charge in [-0.2, -0.15) is 0 Å². The monoisotopic (exact) mass is 104 g/mol. The van der Waals surface area contributed by atoms with Gasteiger partial charge < -0.3 is 0 Å². The van der Waals surface area contributed by atoms with Gasteiger partial charge in [0.1, 0.15) is 0 Å². The summed E-state index contributed by atoms with van der Waals surface area (Å²) in [6.07, 6.45) is 1.06. The summed E-state index contributed by atoms with van der Waals surface area (Å²) in [6, 6.07) is 0. The molecule has 0 aromatic heterocycles. The van der Waals surface area contributed by atoms with Crippen LogP contribution in [0, 0.1) is 5.92 Å². The molecule has 0 saturated carbocycles. The highest BCUT2D eigenvalue weighted by Gasteiger charge is 1.94. The zero-order valence-corrected chi connectivity index (χ0v) is 4.85. The smallest absolute Gasteiger partial charge is 0.0845 e. The summed E-state index contributed by atoms with van der Waals surface area (Å²) < 4.78 is 0. The second kappa shape index (κ2) is 4.09. The SMILES string of the molecule is CCC(C)COO. The topological polar surface area (TPSA) is 29.5 Å². The molecule has 0 amide bonds. The van der Waals surface area contributed by atoms with Gasteiger partial charge in [-0.15, -0.1) is 0 Å². The molecule has 0 bridgehead atoms. The molecule has 0 radical (unpaired) electrons. The lowest BCUT2D eigenvalue weighted by Gasteiger charge is -2.01. The second-order valence-corrected chi connectivity index (χ2v) is 1.81. The molecule has 44 valence electrons. The van der Waals surface area contributed by atoms with Crippen molar-refractivity contribution in [1.82, 2.24) is 0 Å². The summed E-state index contributed by atoms with van der Waals surface area (Å²) in [5.74, 6) is 0.477. The van der Waals surface area contributed by atoms with Crippen molar-refractivity contribution in [1.29, 1.82) is 0 Å². The van der Waals surface area contributed by atoms with Gasteiger partial charge in [0, 0.05) is 0 Å². The lowest BCUT2D eigenvalue weighted by Crippen LogP contribution is -2.00. The predicted octanol–water partition coefficient (Wildman–Crippen LogP) is 1.52. The standard InChI is InChI=1S/C5H12O2/c1-3-5(2)4-7-6/h5-6H,3-4H2,1-2H3. The van der Waals surface area contributed by atoms with Gasteiger partial charge in [0.2, 0.25) is 0 Å². The molecule has 0 fully saturated rings. The molecule has 0 aliphatic rings. The van der Waals surface area contributed by atoms with E-state index in [9.17, 15) is 0 Å². The minimum atomic E-state index is 0.455. The summed E-state index contributed by atoms with van der Waals surface area (Å²) >= 11 is 0. The third-order valence-corrected chi connectivity index (χ3v) is 1.06. The number of hydrogen-bond acceptors (Lipinski definition) is 2. The molecule has 0 aromatic carbocycles. The van der Waals surface area contributed by atoms with Gasteiger partial charge in [0.05, 0.1) is 6.61 Å². The maximum absolute atomic E-state index is 7.87. The van der Waals surface area contributed by atoms with Crippen molar-refractivity contribution in [3.8, 4) is 0 Å². The van der Waals surface area contributed by atoms with E-state index in [0.717, 1.165) is 6.42 Å². The Morgan fingerprint density at radius 1 is 1.71 bits per heavy atom. The van der Waals surface area contributed by atoms with Crippen molar-refractivity contribution in [2.75, 3.05) is 6.61 Å². The van der Waals surface area contributed by atoms with E-state index in [0.29, 0.717) is 12.5 Å². The lowest BCUT2D eigenvalue weighted by atomic mass is 10.1. The van der Waals surface area contributed by atoms with Gasteiger partial charge in [-0.05, 0) is 5.92 Å². The predicted molar refractivity (Wildman–Crippen MR) is 28.0 cm³/mol. The van der Waals surface area contributed by atoms with E-state index in [4.69, 9.17) is 5.26 Å². The molecular weight excluding hydrogens is 92.1 g/mol. The Morgan fingerprint density at radius 3 is 2.43 bits per heavy atom. The molecule has 0 saturated heterocycles. The van der Waals surface area contributed by atoms with E-state index in [2.05, 4.69) is 11.8 Å². The van der Waals surface area contributed by atoms with Gasteiger partial charge in [0.25, 0.3) is 0 Å². The van der Waals surface area contributed by atoms with Crippen LogP contribution in [0.15, 0.2) is 0 Å². The van der Waals surface area contributed by atoms with Gasteiger partial charge >= 0.3 is 0 Å². The van der Waals surface area contributed by atoms with Crippen molar-refractivity contribution in [2.45, 2.75) is 20.3 Å². The molecule has 0 heterocycles. The molecule has 0 aromatic rings. The van der Waals surface area contributed by atoms with Crippen molar-refractivity contribution >= 4 is 0 Å². The molecule has 1 N–H and O–H groups in total. The Bertz CT molecular complexity index is 37.1. The van der Waals surface area contributed by atoms with Crippen LogP contribution in [0.3, 0.4) is 0 Å². The summed E-state index contributed by atoms with van der Waals surface area (Å²) in [5.41, 5.74) is 0. The Labute approximate surface area is 44.0 Å². The van der Waals surface area contributed by atoms with Crippen LogP contribution >= 0.6 is 0 Å². The first kappa shape index (κ1) is 6.92. The van der Waals surface area contributed by atoms with Crippen molar-refractivity contribution in [3.05, 3.63) is 0 Å². The minimum absolute atomic E-state index is 0.455. The van der Waals surface area contributed by atoms with Gasteiger partial charge in [-0.25, -0.2) is 4.89 Å². The largest absolute Gasteiger partial charge is 0.252 e. The first-order valence-electron chi connectivity index (χ1n) is 2.57. The zero-order chi connectivity index (χ0) is 5.70. The van der Waals surface area contributed by atoms with Crippen molar-refractivity contribution in [2.24, 2.45) is 5.92 Å². The fourth-order valence-corrected chi connectivity index (χ4v) is 0.245.